The molecule has 1 aliphatic rings. The molecule has 1 atom stereocenters. The number of aromatic nitrogens is 3. The molecule has 0 fully saturated rings. The molecule has 0 aliphatic carbocycles. The molecule has 164 valence electrons. The van der Waals surface area contributed by atoms with E-state index in [9.17, 15) is 4.21 Å². The maximum absolute atomic E-state index is 12.5. The van der Waals surface area contributed by atoms with E-state index in [-0.39, 0.29) is 0 Å². The highest BCUT2D eigenvalue weighted by molar-refractivity contribution is 7.83. The first-order valence-electron chi connectivity index (χ1n) is 10.8. The van der Waals surface area contributed by atoms with E-state index in [1.165, 1.54) is 11.1 Å². The number of imidazole rings is 1. The summed E-state index contributed by atoms with van der Waals surface area (Å²) in [6.45, 7) is 5.46. The maximum atomic E-state index is 12.5. The maximum Gasteiger partial charge on any atom is 0.172 e. The van der Waals surface area contributed by atoms with Gasteiger partial charge in [-0.1, -0.05) is 36.4 Å². The van der Waals surface area contributed by atoms with E-state index in [0.717, 1.165) is 48.4 Å². The van der Waals surface area contributed by atoms with E-state index in [1.807, 2.05) is 37.3 Å². The first kappa shape index (κ1) is 20.8. The Morgan fingerprint density at radius 1 is 1.06 bits per heavy atom. The molecule has 7 heteroatoms. The zero-order chi connectivity index (χ0) is 22.1. The smallest absolute Gasteiger partial charge is 0.172 e. The molecular formula is C25H26N4O2S. The van der Waals surface area contributed by atoms with Gasteiger partial charge in [0.2, 0.25) is 0 Å². The summed E-state index contributed by atoms with van der Waals surface area (Å²) in [4.78, 5) is 11.7. The van der Waals surface area contributed by atoms with Gasteiger partial charge in [-0.15, -0.1) is 0 Å². The Morgan fingerprint density at radius 2 is 1.84 bits per heavy atom. The van der Waals surface area contributed by atoms with Crippen molar-refractivity contribution in [1.82, 2.24) is 18.8 Å². The monoisotopic (exact) mass is 446 g/mol. The van der Waals surface area contributed by atoms with Gasteiger partial charge >= 0.3 is 0 Å². The van der Waals surface area contributed by atoms with Crippen LogP contribution in [0.25, 0.3) is 22.6 Å². The minimum atomic E-state index is -1.26. The van der Waals surface area contributed by atoms with Gasteiger partial charge in [0, 0.05) is 37.7 Å². The summed E-state index contributed by atoms with van der Waals surface area (Å²) in [6, 6.07) is 18.3. The molecule has 1 unspecified atom stereocenters. The van der Waals surface area contributed by atoms with Crippen molar-refractivity contribution >= 4 is 22.0 Å². The van der Waals surface area contributed by atoms with E-state index < -0.39 is 11.0 Å². The highest BCUT2D eigenvalue weighted by atomic mass is 32.2. The lowest BCUT2D eigenvalue weighted by atomic mass is 10.0. The van der Waals surface area contributed by atoms with Gasteiger partial charge in [-0.3, -0.25) is 9.88 Å². The normalized spacial score (nSPS) is 14.9. The molecule has 0 amide bonds. The predicted octanol–water partition coefficient (Wildman–Crippen LogP) is 3.99. The number of hydrogen-bond donors (Lipinski definition) is 0. The lowest BCUT2D eigenvalue weighted by Gasteiger charge is -2.28. The number of pyridine rings is 1. The molecule has 4 aromatic rings. The average Bonchev–Trinajstić information content (AvgIpc) is 3.20. The van der Waals surface area contributed by atoms with Crippen molar-refractivity contribution in [3.05, 3.63) is 77.5 Å². The SMILES string of the molecule is Cc1c(OCCN2CCc3ccccc3C2)ccnc1-c1nc2ccccc2n1S(C)=O. The van der Waals surface area contributed by atoms with Crippen molar-refractivity contribution in [1.29, 1.82) is 0 Å². The fourth-order valence-corrected chi connectivity index (χ4v) is 5.15. The van der Waals surface area contributed by atoms with Crippen LogP contribution in [0.2, 0.25) is 0 Å². The summed E-state index contributed by atoms with van der Waals surface area (Å²) in [5, 5.41) is 0. The molecule has 2 aromatic heterocycles. The summed E-state index contributed by atoms with van der Waals surface area (Å²) >= 11 is 0. The summed E-state index contributed by atoms with van der Waals surface area (Å²) in [5.41, 5.74) is 6.10. The first-order chi connectivity index (χ1) is 15.6. The highest BCUT2D eigenvalue weighted by Crippen LogP contribution is 2.30. The van der Waals surface area contributed by atoms with E-state index in [4.69, 9.17) is 9.72 Å². The van der Waals surface area contributed by atoms with Crippen LogP contribution < -0.4 is 4.74 Å². The van der Waals surface area contributed by atoms with Crippen LogP contribution in [-0.4, -0.2) is 49.0 Å². The lowest BCUT2D eigenvalue weighted by molar-refractivity contribution is 0.196. The third-order valence-electron chi connectivity index (χ3n) is 6.02. The Balaban J connectivity index is 1.34. The molecule has 0 N–H and O–H groups in total. The van der Waals surface area contributed by atoms with Gasteiger partial charge in [0.1, 0.15) is 29.0 Å². The van der Waals surface area contributed by atoms with E-state index in [2.05, 4.69) is 34.1 Å². The first-order valence-corrected chi connectivity index (χ1v) is 12.3. The third kappa shape index (κ3) is 3.94. The highest BCUT2D eigenvalue weighted by Gasteiger charge is 2.20. The van der Waals surface area contributed by atoms with Crippen molar-refractivity contribution in [3.63, 3.8) is 0 Å². The number of nitrogens with zero attached hydrogens (tertiary/aromatic N) is 4. The molecule has 0 radical (unpaired) electrons. The number of benzene rings is 2. The van der Waals surface area contributed by atoms with E-state index in [1.54, 1.807) is 16.4 Å². The minimum absolute atomic E-state index is 0.600. The second-order valence-corrected chi connectivity index (χ2v) is 9.28. The predicted molar refractivity (Wildman–Crippen MR) is 128 cm³/mol. The van der Waals surface area contributed by atoms with Crippen LogP contribution >= 0.6 is 0 Å². The molecule has 0 bridgehead atoms. The van der Waals surface area contributed by atoms with Crippen LogP contribution in [0.4, 0.5) is 0 Å². The van der Waals surface area contributed by atoms with Crippen LogP contribution in [0.5, 0.6) is 5.75 Å². The fraction of sp³-hybridized carbons (Fsp3) is 0.280. The number of fused-ring (bicyclic) bond motifs is 2. The van der Waals surface area contributed by atoms with Gasteiger partial charge in [0.15, 0.2) is 5.82 Å². The zero-order valence-electron chi connectivity index (χ0n) is 18.3. The number of para-hydroxylation sites is 2. The van der Waals surface area contributed by atoms with Crippen LogP contribution in [0, 0.1) is 6.92 Å². The van der Waals surface area contributed by atoms with Crippen molar-refractivity contribution in [2.45, 2.75) is 19.9 Å². The van der Waals surface area contributed by atoms with Crippen molar-refractivity contribution in [3.8, 4) is 17.3 Å². The number of hydrogen-bond acceptors (Lipinski definition) is 5. The topological polar surface area (TPSA) is 60.2 Å². The van der Waals surface area contributed by atoms with Crippen molar-refractivity contribution in [2.75, 3.05) is 26.0 Å². The quantitative estimate of drug-likeness (QED) is 0.448. The summed E-state index contributed by atoms with van der Waals surface area (Å²) in [6.07, 6.45) is 4.47. The lowest BCUT2D eigenvalue weighted by Crippen LogP contribution is -2.33. The molecule has 0 saturated heterocycles. The second-order valence-electron chi connectivity index (χ2n) is 8.07. The summed E-state index contributed by atoms with van der Waals surface area (Å²) in [5.74, 6) is 1.38. The van der Waals surface area contributed by atoms with Gasteiger partial charge in [0.05, 0.1) is 11.0 Å². The molecule has 6 nitrogen and oxygen atoms in total. The van der Waals surface area contributed by atoms with E-state index >= 15 is 0 Å². The Kier molecular flexibility index (Phi) is 5.76. The fourth-order valence-electron chi connectivity index (χ4n) is 4.34. The van der Waals surface area contributed by atoms with E-state index in [0.29, 0.717) is 18.1 Å². The van der Waals surface area contributed by atoms with Gasteiger partial charge in [-0.25, -0.2) is 13.2 Å². The molecule has 1 aliphatic heterocycles. The minimum Gasteiger partial charge on any atom is -0.492 e. The standard InChI is InChI=1S/C25H26N4O2S/c1-18-23(31-16-15-28-14-12-19-7-3-4-8-20(19)17-28)11-13-26-24(18)25-27-21-9-5-6-10-22(21)29(25)32(2)30/h3-11,13H,12,14-17H2,1-2H3. The summed E-state index contributed by atoms with van der Waals surface area (Å²) < 4.78 is 20.4. The van der Waals surface area contributed by atoms with Gasteiger partial charge < -0.3 is 4.74 Å². The molecule has 32 heavy (non-hydrogen) atoms. The molecule has 0 spiro atoms. The van der Waals surface area contributed by atoms with Gasteiger partial charge in [-0.05, 0) is 42.7 Å². The molecule has 3 heterocycles. The third-order valence-corrected chi connectivity index (χ3v) is 6.90. The van der Waals surface area contributed by atoms with Crippen LogP contribution in [0.3, 0.4) is 0 Å². The Labute approximate surface area is 190 Å². The van der Waals surface area contributed by atoms with Crippen molar-refractivity contribution < 1.29 is 8.95 Å². The largest absolute Gasteiger partial charge is 0.492 e. The average molecular weight is 447 g/mol. The number of ether oxygens (including phenoxy) is 1. The molecule has 0 saturated carbocycles. The Morgan fingerprint density at radius 3 is 2.69 bits per heavy atom. The Bertz CT molecular complexity index is 1300. The van der Waals surface area contributed by atoms with Crippen LogP contribution in [0.1, 0.15) is 16.7 Å². The molecular weight excluding hydrogens is 420 g/mol. The second kappa shape index (κ2) is 8.84. The van der Waals surface area contributed by atoms with Gasteiger partial charge in [0.25, 0.3) is 0 Å². The summed E-state index contributed by atoms with van der Waals surface area (Å²) in [7, 11) is -1.26. The molecule has 2 aromatic carbocycles. The van der Waals surface area contributed by atoms with Crippen LogP contribution in [-0.2, 0) is 24.0 Å². The Hall–Kier alpha value is -3.03. The van der Waals surface area contributed by atoms with Crippen molar-refractivity contribution in [2.24, 2.45) is 0 Å². The number of rotatable bonds is 6. The zero-order valence-corrected chi connectivity index (χ0v) is 19.1. The molecule has 5 rings (SSSR count). The van der Waals surface area contributed by atoms with Crippen LogP contribution in [0.15, 0.2) is 60.8 Å². The van der Waals surface area contributed by atoms with Gasteiger partial charge in [-0.2, -0.15) is 0 Å².